The van der Waals surface area contributed by atoms with Crippen LogP contribution in [-0.4, -0.2) is 14.5 Å². The van der Waals surface area contributed by atoms with E-state index in [9.17, 15) is 0 Å². The van der Waals surface area contributed by atoms with Crippen molar-refractivity contribution in [2.45, 2.75) is 6.92 Å². The highest BCUT2D eigenvalue weighted by molar-refractivity contribution is 6.29. The molecule has 94 valence electrons. The molecule has 0 aliphatic rings. The van der Waals surface area contributed by atoms with Crippen molar-refractivity contribution in [2.24, 2.45) is 0 Å². The second kappa shape index (κ2) is 4.86. The summed E-state index contributed by atoms with van der Waals surface area (Å²) in [6.07, 6.45) is 5.75. The molecule has 0 aliphatic heterocycles. The Morgan fingerprint density at radius 2 is 2.05 bits per heavy atom. The third-order valence-electron chi connectivity index (χ3n) is 2.84. The van der Waals surface area contributed by atoms with E-state index in [-0.39, 0.29) is 0 Å². The highest BCUT2D eigenvalue weighted by Gasteiger charge is 2.04. The van der Waals surface area contributed by atoms with Crippen LogP contribution in [0.25, 0.3) is 17.1 Å². The van der Waals surface area contributed by atoms with Gasteiger partial charge in [0.25, 0.3) is 0 Å². The van der Waals surface area contributed by atoms with Gasteiger partial charge in [-0.05, 0) is 42.8 Å². The molecular weight excluding hydrogens is 258 g/mol. The largest absolute Gasteiger partial charge is 0.308 e. The Morgan fingerprint density at radius 3 is 2.79 bits per heavy atom. The molecule has 3 heterocycles. The smallest absolute Gasteiger partial charge is 0.138 e. The molecule has 0 N–H and O–H groups in total. The van der Waals surface area contributed by atoms with Crippen LogP contribution in [0.15, 0.2) is 55.0 Å². The van der Waals surface area contributed by atoms with Gasteiger partial charge in [0.05, 0.1) is 5.69 Å². The lowest BCUT2D eigenvalue weighted by molar-refractivity contribution is 1.00. The van der Waals surface area contributed by atoms with E-state index in [1.54, 1.807) is 6.20 Å². The number of pyridine rings is 2. The number of halogens is 1. The molecule has 0 unspecified atom stereocenters. The molecule has 3 aromatic rings. The zero-order valence-corrected chi connectivity index (χ0v) is 11.2. The van der Waals surface area contributed by atoms with Crippen molar-refractivity contribution >= 4 is 11.6 Å². The number of hydrogen-bond acceptors (Lipinski definition) is 2. The van der Waals surface area contributed by atoms with Gasteiger partial charge in [0, 0.05) is 24.2 Å². The minimum absolute atomic E-state index is 0.503. The molecule has 0 spiro atoms. The van der Waals surface area contributed by atoms with Gasteiger partial charge in [-0.3, -0.25) is 4.98 Å². The zero-order chi connectivity index (χ0) is 13.2. The van der Waals surface area contributed by atoms with E-state index >= 15 is 0 Å². The zero-order valence-electron chi connectivity index (χ0n) is 10.4. The van der Waals surface area contributed by atoms with E-state index in [0.717, 1.165) is 22.6 Å². The predicted octanol–water partition coefficient (Wildman–Crippen LogP) is 3.90. The molecule has 0 fully saturated rings. The molecule has 0 aromatic carbocycles. The number of hydrogen-bond donors (Lipinski definition) is 0. The van der Waals surface area contributed by atoms with E-state index in [4.69, 9.17) is 11.6 Å². The first-order valence-corrected chi connectivity index (χ1v) is 6.34. The second-order valence-electron chi connectivity index (χ2n) is 4.35. The molecule has 0 aliphatic carbocycles. The average molecular weight is 270 g/mol. The van der Waals surface area contributed by atoms with Crippen molar-refractivity contribution in [3.05, 3.63) is 65.7 Å². The van der Waals surface area contributed by atoms with E-state index in [0.29, 0.717) is 5.15 Å². The maximum atomic E-state index is 5.99. The SMILES string of the molecule is Cc1cc(Cl)nc(-n2ccc(-c3ccccn3)c2)c1. The van der Waals surface area contributed by atoms with Crippen LogP contribution >= 0.6 is 11.6 Å². The fourth-order valence-corrected chi connectivity index (χ4v) is 2.22. The van der Waals surface area contributed by atoms with Gasteiger partial charge in [-0.2, -0.15) is 0 Å². The Bertz CT molecular complexity index is 684. The van der Waals surface area contributed by atoms with Crippen molar-refractivity contribution in [3.8, 4) is 17.1 Å². The molecule has 0 saturated heterocycles. The standard InChI is InChI=1S/C15H12ClN3/c1-11-8-14(16)18-15(9-11)19-7-5-12(10-19)13-4-2-3-6-17-13/h2-10H,1H3. The van der Waals surface area contributed by atoms with E-state index in [1.807, 2.05) is 60.3 Å². The Balaban J connectivity index is 2.02. The van der Waals surface area contributed by atoms with Crippen LogP contribution in [0.5, 0.6) is 0 Å². The fraction of sp³-hybridized carbons (Fsp3) is 0.0667. The predicted molar refractivity (Wildman–Crippen MR) is 76.5 cm³/mol. The van der Waals surface area contributed by atoms with Crippen molar-refractivity contribution in [3.63, 3.8) is 0 Å². The summed E-state index contributed by atoms with van der Waals surface area (Å²) in [6.45, 7) is 2.00. The molecule has 4 heteroatoms. The van der Waals surface area contributed by atoms with Gasteiger partial charge in [0.2, 0.25) is 0 Å². The second-order valence-corrected chi connectivity index (χ2v) is 4.74. The lowest BCUT2D eigenvalue weighted by atomic mass is 10.2. The van der Waals surface area contributed by atoms with Gasteiger partial charge < -0.3 is 4.57 Å². The molecule has 0 radical (unpaired) electrons. The quantitative estimate of drug-likeness (QED) is 0.661. The van der Waals surface area contributed by atoms with Gasteiger partial charge in [-0.1, -0.05) is 17.7 Å². The molecule has 0 atom stereocenters. The van der Waals surface area contributed by atoms with Crippen molar-refractivity contribution in [2.75, 3.05) is 0 Å². The first-order chi connectivity index (χ1) is 9.22. The molecule has 0 saturated carbocycles. The molecule has 3 aromatic heterocycles. The summed E-state index contributed by atoms with van der Waals surface area (Å²) in [5.74, 6) is 0.812. The maximum absolute atomic E-state index is 5.99. The summed E-state index contributed by atoms with van der Waals surface area (Å²) >= 11 is 5.99. The highest BCUT2D eigenvalue weighted by atomic mass is 35.5. The normalized spacial score (nSPS) is 10.6. The Labute approximate surface area is 116 Å². The highest BCUT2D eigenvalue weighted by Crippen LogP contribution is 2.20. The molecule has 0 amide bonds. The van der Waals surface area contributed by atoms with Crippen LogP contribution in [0.3, 0.4) is 0 Å². The topological polar surface area (TPSA) is 30.7 Å². The number of aromatic nitrogens is 3. The van der Waals surface area contributed by atoms with Gasteiger partial charge >= 0.3 is 0 Å². The van der Waals surface area contributed by atoms with E-state index < -0.39 is 0 Å². The maximum Gasteiger partial charge on any atom is 0.138 e. The first-order valence-electron chi connectivity index (χ1n) is 5.96. The molecular formula is C15H12ClN3. The van der Waals surface area contributed by atoms with Gasteiger partial charge in [0.1, 0.15) is 11.0 Å². The summed E-state index contributed by atoms with van der Waals surface area (Å²) in [5, 5.41) is 0.503. The average Bonchev–Trinajstić information content (AvgIpc) is 2.88. The minimum atomic E-state index is 0.503. The van der Waals surface area contributed by atoms with Gasteiger partial charge in [-0.25, -0.2) is 4.98 Å². The number of rotatable bonds is 2. The summed E-state index contributed by atoms with van der Waals surface area (Å²) < 4.78 is 1.95. The number of nitrogens with zero attached hydrogens (tertiary/aromatic N) is 3. The Kier molecular flexibility index (Phi) is 3.05. The van der Waals surface area contributed by atoms with Crippen molar-refractivity contribution < 1.29 is 0 Å². The monoisotopic (exact) mass is 269 g/mol. The summed E-state index contributed by atoms with van der Waals surface area (Å²) in [5.41, 5.74) is 3.09. The molecule has 0 bridgehead atoms. The fourth-order valence-electron chi connectivity index (χ4n) is 1.96. The lowest BCUT2D eigenvalue weighted by Gasteiger charge is -2.03. The van der Waals surface area contributed by atoms with Crippen molar-refractivity contribution in [1.29, 1.82) is 0 Å². The number of aryl methyl sites for hydroxylation is 1. The van der Waals surface area contributed by atoms with Crippen LogP contribution in [-0.2, 0) is 0 Å². The molecule has 3 nitrogen and oxygen atoms in total. The van der Waals surface area contributed by atoms with Crippen LogP contribution in [0.2, 0.25) is 5.15 Å². The van der Waals surface area contributed by atoms with E-state index in [1.165, 1.54) is 0 Å². The van der Waals surface area contributed by atoms with Crippen LogP contribution in [0.1, 0.15) is 5.56 Å². The van der Waals surface area contributed by atoms with Gasteiger partial charge in [-0.15, -0.1) is 0 Å². The lowest BCUT2D eigenvalue weighted by Crippen LogP contribution is -1.95. The third-order valence-corrected chi connectivity index (χ3v) is 3.04. The summed E-state index contributed by atoms with van der Waals surface area (Å²) in [6, 6.07) is 11.7. The first kappa shape index (κ1) is 11.9. The molecule has 19 heavy (non-hydrogen) atoms. The molecule has 3 rings (SSSR count). The third kappa shape index (κ3) is 2.51. The summed E-state index contributed by atoms with van der Waals surface area (Å²) in [7, 11) is 0. The van der Waals surface area contributed by atoms with Crippen LogP contribution in [0, 0.1) is 6.92 Å². The van der Waals surface area contributed by atoms with Crippen LogP contribution in [0.4, 0.5) is 0 Å². The Morgan fingerprint density at radius 1 is 1.16 bits per heavy atom. The van der Waals surface area contributed by atoms with Gasteiger partial charge in [0.15, 0.2) is 0 Å². The minimum Gasteiger partial charge on any atom is -0.308 e. The van der Waals surface area contributed by atoms with Crippen molar-refractivity contribution in [1.82, 2.24) is 14.5 Å². The Hall–Kier alpha value is -2.13. The van der Waals surface area contributed by atoms with Crippen LogP contribution < -0.4 is 0 Å². The summed E-state index contributed by atoms with van der Waals surface area (Å²) in [4.78, 5) is 8.65. The van der Waals surface area contributed by atoms with E-state index in [2.05, 4.69) is 9.97 Å².